The first-order chi connectivity index (χ1) is 5.65. The first kappa shape index (κ1) is 7.56. The van der Waals surface area contributed by atoms with Crippen LogP contribution in [0, 0.1) is 31.1 Å². The van der Waals surface area contributed by atoms with E-state index in [2.05, 4.69) is 0 Å². The molecule has 0 bridgehead atoms. The van der Waals surface area contributed by atoms with Crippen molar-refractivity contribution in [2.75, 3.05) is 27.2 Å². The molecule has 1 aliphatic rings. The highest BCUT2D eigenvalue weighted by Crippen LogP contribution is 2.32. The van der Waals surface area contributed by atoms with E-state index in [1.807, 2.05) is 25.4 Å². The van der Waals surface area contributed by atoms with Gasteiger partial charge in [-0.1, -0.05) is 0 Å². The van der Waals surface area contributed by atoms with E-state index < -0.39 is 0 Å². The summed E-state index contributed by atoms with van der Waals surface area (Å²) in [6.45, 7) is 1.33. The van der Waals surface area contributed by atoms with E-state index in [4.69, 9.17) is 7.10 Å². The molecule has 2 N–H and O–H groups in total. The van der Waals surface area contributed by atoms with E-state index in [-0.39, 0.29) is 0 Å². The monoisotopic (exact) mass is 152 g/mol. The van der Waals surface area contributed by atoms with Crippen LogP contribution in [0.25, 0.3) is 0 Å². The highest BCUT2D eigenvalue weighted by Gasteiger charge is 2.27. The standard InChI is InChI=1S/C9H15N2/c1-11(2)7-9-5-3-4-8(9)6-10/h3-5H,6-7,10H2,1-2H3/i5D. The molecule has 0 heterocycles. The number of hydrogen-bond acceptors (Lipinski definition) is 2. The van der Waals surface area contributed by atoms with Gasteiger partial charge >= 0.3 is 0 Å². The van der Waals surface area contributed by atoms with Crippen molar-refractivity contribution in [1.82, 2.24) is 4.90 Å². The van der Waals surface area contributed by atoms with Crippen molar-refractivity contribution < 1.29 is 1.37 Å². The topological polar surface area (TPSA) is 29.3 Å². The summed E-state index contributed by atoms with van der Waals surface area (Å²) in [5, 5.41) is 0. The van der Waals surface area contributed by atoms with Crippen LogP contribution in [0.3, 0.4) is 0 Å². The lowest BCUT2D eigenvalue weighted by atomic mass is 9.96. The molecule has 0 aromatic carbocycles. The van der Waals surface area contributed by atoms with E-state index in [0.717, 1.165) is 18.4 Å². The van der Waals surface area contributed by atoms with Crippen LogP contribution in [0.2, 0.25) is 0 Å². The van der Waals surface area contributed by atoms with Crippen molar-refractivity contribution in [3.8, 4) is 0 Å². The average molecular weight is 152 g/mol. The molecule has 2 heteroatoms. The molecule has 0 spiro atoms. The van der Waals surface area contributed by atoms with Gasteiger partial charge in [0.2, 0.25) is 0 Å². The Morgan fingerprint density at radius 3 is 2.82 bits per heavy atom. The minimum absolute atomic E-state index is 0.530. The highest BCUT2D eigenvalue weighted by atomic mass is 15.1. The number of nitrogens with zero attached hydrogens (tertiary/aromatic N) is 1. The van der Waals surface area contributed by atoms with Gasteiger partial charge in [-0.05, 0) is 39.9 Å². The molecule has 5 radical (unpaired) electrons. The van der Waals surface area contributed by atoms with Gasteiger partial charge < -0.3 is 10.6 Å². The molecule has 0 aromatic heterocycles. The first-order valence-corrected chi connectivity index (χ1v) is 3.74. The fourth-order valence-electron chi connectivity index (χ4n) is 1.09. The van der Waals surface area contributed by atoms with E-state index in [0.29, 0.717) is 12.9 Å². The van der Waals surface area contributed by atoms with Gasteiger partial charge in [0.05, 0.1) is 0 Å². The maximum Gasteiger partial charge on any atom is 0.0316 e. The minimum Gasteiger partial charge on any atom is -0.330 e. The molecule has 0 unspecified atom stereocenters. The van der Waals surface area contributed by atoms with Gasteiger partial charge in [0, 0.05) is 19.8 Å². The Hall–Kier alpha value is -0.0800. The fourth-order valence-corrected chi connectivity index (χ4v) is 1.09. The summed E-state index contributed by atoms with van der Waals surface area (Å²) in [6.07, 6.45) is 4.34. The lowest BCUT2D eigenvalue weighted by molar-refractivity contribution is 0.427. The maximum absolute atomic E-state index is 7.61. The van der Waals surface area contributed by atoms with Gasteiger partial charge in [-0.3, -0.25) is 0 Å². The van der Waals surface area contributed by atoms with Gasteiger partial charge in [-0.15, -0.1) is 0 Å². The number of nitrogens with two attached hydrogens (primary N) is 1. The summed E-state index contributed by atoms with van der Waals surface area (Å²) in [5.41, 5.74) is 5.54. The van der Waals surface area contributed by atoms with Crippen LogP contribution in [0.4, 0.5) is 0 Å². The lowest BCUT2D eigenvalue weighted by Crippen LogP contribution is -2.25. The van der Waals surface area contributed by atoms with Crippen LogP contribution in [0.1, 0.15) is 1.37 Å². The molecule has 0 aromatic rings. The van der Waals surface area contributed by atoms with Gasteiger partial charge in [-0.25, -0.2) is 0 Å². The average Bonchev–Trinajstić information content (AvgIpc) is 2.32. The molecular weight excluding hydrogens is 136 g/mol. The zero-order chi connectivity index (χ0) is 9.14. The summed E-state index contributed by atoms with van der Waals surface area (Å²) in [7, 11) is 3.99. The Bertz CT molecular complexity index is 138. The normalized spacial score (nSPS) is 24.9. The van der Waals surface area contributed by atoms with E-state index in [1.165, 1.54) is 0 Å². The summed E-state index contributed by atoms with van der Waals surface area (Å²) < 4.78 is 7.61. The zero-order valence-electron chi connectivity index (χ0n) is 8.09. The van der Waals surface area contributed by atoms with Crippen molar-refractivity contribution in [1.29, 1.82) is 0 Å². The van der Waals surface area contributed by atoms with Crippen LogP contribution >= 0.6 is 0 Å². The van der Waals surface area contributed by atoms with Crippen molar-refractivity contribution in [2.45, 2.75) is 0 Å². The van der Waals surface area contributed by atoms with E-state index >= 15 is 0 Å². The Morgan fingerprint density at radius 2 is 2.27 bits per heavy atom. The third kappa shape index (κ3) is 2.46. The van der Waals surface area contributed by atoms with Gasteiger partial charge in [0.1, 0.15) is 0 Å². The van der Waals surface area contributed by atoms with Gasteiger partial charge in [-0.2, -0.15) is 0 Å². The smallest absolute Gasteiger partial charge is 0.0316 e. The molecule has 0 atom stereocenters. The molecule has 2 nitrogen and oxygen atoms in total. The van der Waals surface area contributed by atoms with Crippen molar-refractivity contribution >= 4 is 0 Å². The molecule has 1 saturated carbocycles. The second-order valence-electron chi connectivity index (χ2n) is 2.92. The molecule has 1 aliphatic carbocycles. The van der Waals surface area contributed by atoms with Crippen molar-refractivity contribution in [2.24, 2.45) is 5.73 Å². The van der Waals surface area contributed by atoms with Gasteiger partial charge in [0.15, 0.2) is 0 Å². The summed E-state index contributed by atoms with van der Waals surface area (Å²) in [5.74, 6) is 2.15. The first-order valence-electron chi connectivity index (χ1n) is 4.24. The van der Waals surface area contributed by atoms with E-state index in [9.17, 15) is 0 Å². The molecule has 1 fully saturated rings. The summed E-state index contributed by atoms with van der Waals surface area (Å²) >= 11 is 0. The summed E-state index contributed by atoms with van der Waals surface area (Å²) in [4.78, 5) is 2.05. The predicted molar refractivity (Wildman–Crippen MR) is 47.0 cm³/mol. The van der Waals surface area contributed by atoms with Crippen LogP contribution < -0.4 is 5.73 Å². The van der Waals surface area contributed by atoms with Crippen LogP contribution in [-0.2, 0) is 0 Å². The Balaban J connectivity index is 2.46. The summed E-state index contributed by atoms with van der Waals surface area (Å²) in [6, 6.07) is 0. The van der Waals surface area contributed by atoms with Crippen LogP contribution in [0.15, 0.2) is 0 Å². The third-order valence-electron chi connectivity index (χ3n) is 1.62. The second-order valence-corrected chi connectivity index (χ2v) is 2.92. The molecule has 61 valence electrons. The molecule has 0 saturated heterocycles. The Morgan fingerprint density at radius 1 is 1.55 bits per heavy atom. The number of hydrogen-bond donors (Lipinski definition) is 1. The van der Waals surface area contributed by atoms with E-state index in [1.54, 1.807) is 6.42 Å². The largest absolute Gasteiger partial charge is 0.330 e. The maximum atomic E-state index is 7.61. The van der Waals surface area contributed by atoms with Crippen molar-refractivity contribution in [3.63, 3.8) is 0 Å². The quantitative estimate of drug-likeness (QED) is 0.629. The zero-order valence-corrected chi connectivity index (χ0v) is 7.09. The second kappa shape index (κ2) is 4.07. The highest BCUT2D eigenvalue weighted by molar-refractivity contribution is 5.45. The molecule has 11 heavy (non-hydrogen) atoms. The molecular formula is C9H15N2. The predicted octanol–water partition coefficient (Wildman–Crippen LogP) is 0.282. The van der Waals surface area contributed by atoms with Crippen LogP contribution in [0.5, 0.6) is 0 Å². The third-order valence-corrected chi connectivity index (χ3v) is 1.62. The molecule has 0 aliphatic heterocycles. The SMILES string of the molecule is [2H][C]1[CH][CH][C](CN)[C]1CN(C)C. The fraction of sp³-hybridized carbons (Fsp3) is 0.444. The lowest BCUT2D eigenvalue weighted by Gasteiger charge is -2.20. The molecule has 0 amide bonds. The number of rotatable bonds is 3. The Kier molecular flexibility index (Phi) is 2.80. The van der Waals surface area contributed by atoms with Crippen LogP contribution in [-0.4, -0.2) is 32.1 Å². The molecule has 1 rings (SSSR count). The van der Waals surface area contributed by atoms with Gasteiger partial charge in [0.25, 0.3) is 0 Å². The minimum atomic E-state index is 0.530. The van der Waals surface area contributed by atoms with Crippen molar-refractivity contribution in [3.05, 3.63) is 31.1 Å². The Labute approximate surface area is 71.2 Å².